The molecule has 132 valence electrons. The van der Waals surface area contributed by atoms with Gasteiger partial charge >= 0.3 is 5.97 Å². The lowest BCUT2D eigenvalue weighted by molar-refractivity contribution is -0.155. The van der Waals surface area contributed by atoms with E-state index in [-0.39, 0.29) is 18.6 Å². The molecule has 0 saturated carbocycles. The molecule has 5 heteroatoms. The van der Waals surface area contributed by atoms with Crippen LogP contribution in [0.5, 0.6) is 5.75 Å². The van der Waals surface area contributed by atoms with Crippen LogP contribution in [0.1, 0.15) is 31.9 Å². The fraction of sp³-hybridized carbons (Fsp3) is 0.300. The van der Waals surface area contributed by atoms with Gasteiger partial charge in [-0.05, 0) is 31.0 Å². The maximum Gasteiger partial charge on any atom is 0.347 e. The molecule has 2 rings (SSSR count). The molecule has 25 heavy (non-hydrogen) atoms. The molecule has 0 aliphatic rings. The van der Waals surface area contributed by atoms with Gasteiger partial charge in [-0.25, -0.2) is 4.79 Å². The summed E-state index contributed by atoms with van der Waals surface area (Å²) in [5.41, 5.74) is 0.987. The van der Waals surface area contributed by atoms with Gasteiger partial charge in [-0.15, -0.1) is 0 Å². The maximum atomic E-state index is 12.1. The summed E-state index contributed by atoms with van der Waals surface area (Å²) in [5.74, 6) is -0.304. The summed E-state index contributed by atoms with van der Waals surface area (Å²) in [4.78, 5) is 24.1. The van der Waals surface area contributed by atoms with Crippen molar-refractivity contribution in [2.45, 2.75) is 32.4 Å². The summed E-state index contributed by atoms with van der Waals surface area (Å²) < 4.78 is 10.7. The Morgan fingerprint density at radius 1 is 1.00 bits per heavy atom. The third-order valence-corrected chi connectivity index (χ3v) is 3.68. The van der Waals surface area contributed by atoms with E-state index in [1.807, 2.05) is 62.4 Å². The van der Waals surface area contributed by atoms with Gasteiger partial charge in [-0.2, -0.15) is 0 Å². The minimum atomic E-state index is -0.734. The summed E-state index contributed by atoms with van der Waals surface area (Å²) in [6.45, 7) is 3.37. The van der Waals surface area contributed by atoms with Crippen LogP contribution >= 0.6 is 0 Å². The predicted octanol–water partition coefficient (Wildman–Crippen LogP) is 3.26. The van der Waals surface area contributed by atoms with Gasteiger partial charge in [0.1, 0.15) is 5.75 Å². The van der Waals surface area contributed by atoms with Crippen LogP contribution in [0.25, 0.3) is 0 Å². The van der Waals surface area contributed by atoms with Crippen LogP contribution in [-0.4, -0.2) is 24.6 Å². The second kappa shape index (κ2) is 9.47. The van der Waals surface area contributed by atoms with Crippen molar-refractivity contribution in [1.82, 2.24) is 5.32 Å². The number of rotatable bonds is 8. The molecule has 0 aliphatic heterocycles. The summed E-state index contributed by atoms with van der Waals surface area (Å²) in [6, 6.07) is 18.5. The fourth-order valence-electron chi connectivity index (χ4n) is 2.30. The zero-order chi connectivity index (χ0) is 18.1. The highest BCUT2D eigenvalue weighted by Crippen LogP contribution is 2.14. The van der Waals surface area contributed by atoms with E-state index in [1.165, 1.54) is 0 Å². The number of carbonyl (C=O) groups is 2. The van der Waals surface area contributed by atoms with Gasteiger partial charge in [-0.3, -0.25) is 4.79 Å². The second-order valence-corrected chi connectivity index (χ2v) is 5.64. The molecule has 0 aliphatic carbocycles. The first-order valence-electron chi connectivity index (χ1n) is 8.32. The Bertz CT molecular complexity index is 673. The molecule has 0 heterocycles. The first-order valence-corrected chi connectivity index (χ1v) is 8.32. The van der Waals surface area contributed by atoms with Crippen molar-refractivity contribution < 1.29 is 19.1 Å². The summed E-state index contributed by atoms with van der Waals surface area (Å²) in [7, 11) is 0. The molecule has 0 radical (unpaired) electrons. The van der Waals surface area contributed by atoms with Crippen molar-refractivity contribution in [1.29, 1.82) is 0 Å². The number of benzene rings is 2. The van der Waals surface area contributed by atoms with Crippen molar-refractivity contribution >= 4 is 11.9 Å². The van der Waals surface area contributed by atoms with Crippen molar-refractivity contribution in [3.05, 3.63) is 66.2 Å². The Labute approximate surface area is 148 Å². The Morgan fingerprint density at radius 2 is 1.60 bits per heavy atom. The highest BCUT2D eigenvalue weighted by molar-refractivity contribution is 5.82. The number of para-hydroxylation sites is 1. The van der Waals surface area contributed by atoms with Gasteiger partial charge in [0.25, 0.3) is 5.91 Å². The number of esters is 1. The maximum absolute atomic E-state index is 12.1. The second-order valence-electron chi connectivity index (χ2n) is 5.64. The summed E-state index contributed by atoms with van der Waals surface area (Å²) in [6.07, 6.45) is -0.280. The van der Waals surface area contributed by atoms with Gasteiger partial charge in [0.15, 0.2) is 12.7 Å². The zero-order valence-corrected chi connectivity index (χ0v) is 14.5. The topological polar surface area (TPSA) is 64.6 Å². The minimum absolute atomic E-state index is 0.157. The van der Waals surface area contributed by atoms with E-state index in [0.717, 1.165) is 5.56 Å². The molecular formula is C20H23NO4. The first kappa shape index (κ1) is 18.5. The molecule has 0 spiro atoms. The van der Waals surface area contributed by atoms with Crippen molar-refractivity contribution in [2.75, 3.05) is 6.61 Å². The molecular weight excluding hydrogens is 318 g/mol. The molecule has 1 N–H and O–H groups in total. The number of carbonyl (C=O) groups excluding carboxylic acids is 2. The van der Waals surface area contributed by atoms with Crippen LogP contribution in [0.15, 0.2) is 60.7 Å². The molecule has 2 aromatic carbocycles. The van der Waals surface area contributed by atoms with E-state index in [2.05, 4.69) is 5.32 Å². The van der Waals surface area contributed by atoms with Gasteiger partial charge in [0, 0.05) is 0 Å². The third kappa shape index (κ3) is 5.95. The summed E-state index contributed by atoms with van der Waals surface area (Å²) in [5, 5.41) is 2.80. The lowest BCUT2D eigenvalue weighted by Crippen LogP contribution is -2.35. The SMILES string of the molecule is CCC(Oc1ccccc1)C(=O)OCC(=O)NC(C)c1ccccc1. The Morgan fingerprint density at radius 3 is 2.20 bits per heavy atom. The Kier molecular flexibility index (Phi) is 7.01. The summed E-state index contributed by atoms with van der Waals surface area (Å²) >= 11 is 0. The molecule has 2 aromatic rings. The molecule has 1 amide bonds. The van der Waals surface area contributed by atoms with Crippen molar-refractivity contribution in [2.24, 2.45) is 0 Å². The van der Waals surface area contributed by atoms with Gasteiger partial charge in [0.2, 0.25) is 0 Å². The minimum Gasteiger partial charge on any atom is -0.479 e. The van der Waals surface area contributed by atoms with Crippen LogP contribution < -0.4 is 10.1 Å². The predicted molar refractivity (Wildman–Crippen MR) is 95.1 cm³/mol. The molecule has 0 saturated heterocycles. The zero-order valence-electron chi connectivity index (χ0n) is 14.5. The molecule has 0 bridgehead atoms. The number of hydrogen-bond donors (Lipinski definition) is 1. The van der Waals surface area contributed by atoms with E-state index >= 15 is 0 Å². The van der Waals surface area contributed by atoms with Gasteiger partial charge in [0.05, 0.1) is 6.04 Å². The number of nitrogens with one attached hydrogen (secondary N) is 1. The monoisotopic (exact) mass is 341 g/mol. The van der Waals surface area contributed by atoms with Crippen LogP contribution in [0.2, 0.25) is 0 Å². The normalized spacial score (nSPS) is 12.7. The van der Waals surface area contributed by atoms with E-state index in [0.29, 0.717) is 12.2 Å². The molecule has 2 unspecified atom stereocenters. The van der Waals surface area contributed by atoms with Crippen LogP contribution in [0.3, 0.4) is 0 Å². The highest BCUT2D eigenvalue weighted by Gasteiger charge is 2.21. The third-order valence-electron chi connectivity index (χ3n) is 3.68. The van der Waals surface area contributed by atoms with Crippen LogP contribution in [-0.2, 0) is 14.3 Å². The van der Waals surface area contributed by atoms with E-state index in [1.54, 1.807) is 12.1 Å². The standard InChI is InChI=1S/C20H23NO4/c1-3-18(25-17-12-8-5-9-13-17)20(23)24-14-19(22)21-15(2)16-10-6-4-7-11-16/h4-13,15,18H,3,14H2,1-2H3,(H,21,22). The van der Waals surface area contributed by atoms with Crippen molar-refractivity contribution in [3.63, 3.8) is 0 Å². The Hall–Kier alpha value is -2.82. The average molecular weight is 341 g/mol. The number of ether oxygens (including phenoxy) is 2. The molecule has 5 nitrogen and oxygen atoms in total. The van der Waals surface area contributed by atoms with Gasteiger partial charge < -0.3 is 14.8 Å². The quantitative estimate of drug-likeness (QED) is 0.749. The van der Waals surface area contributed by atoms with E-state index in [9.17, 15) is 9.59 Å². The highest BCUT2D eigenvalue weighted by atomic mass is 16.6. The first-order chi connectivity index (χ1) is 12.1. The molecule has 0 fully saturated rings. The van der Waals surface area contributed by atoms with Crippen LogP contribution in [0, 0.1) is 0 Å². The largest absolute Gasteiger partial charge is 0.479 e. The van der Waals surface area contributed by atoms with E-state index in [4.69, 9.17) is 9.47 Å². The number of amides is 1. The molecule has 2 atom stereocenters. The number of hydrogen-bond acceptors (Lipinski definition) is 4. The average Bonchev–Trinajstić information content (AvgIpc) is 2.65. The lowest BCUT2D eigenvalue weighted by atomic mass is 10.1. The lowest BCUT2D eigenvalue weighted by Gasteiger charge is -2.17. The Balaban J connectivity index is 1.80. The smallest absolute Gasteiger partial charge is 0.347 e. The van der Waals surface area contributed by atoms with Gasteiger partial charge in [-0.1, -0.05) is 55.5 Å². The van der Waals surface area contributed by atoms with E-state index < -0.39 is 12.1 Å². The van der Waals surface area contributed by atoms with Crippen molar-refractivity contribution in [3.8, 4) is 5.75 Å². The fourth-order valence-corrected chi connectivity index (χ4v) is 2.30. The molecule has 0 aromatic heterocycles. The van der Waals surface area contributed by atoms with Crippen LogP contribution in [0.4, 0.5) is 0 Å².